The summed E-state index contributed by atoms with van der Waals surface area (Å²) in [7, 11) is 4.21. The van der Waals surface area contributed by atoms with E-state index in [0.717, 1.165) is 38.8 Å². The maximum Gasteiger partial charge on any atom is 0.305 e. The van der Waals surface area contributed by atoms with Gasteiger partial charge in [0.2, 0.25) is 0 Å². The van der Waals surface area contributed by atoms with Crippen LogP contribution in [0.3, 0.4) is 0 Å². The van der Waals surface area contributed by atoms with Gasteiger partial charge in [-0.25, -0.2) is 0 Å². The van der Waals surface area contributed by atoms with Crippen LogP contribution >= 0.6 is 0 Å². The maximum absolute atomic E-state index is 12.2. The molecular formula is C44H88NO4+. The van der Waals surface area contributed by atoms with Crippen molar-refractivity contribution in [2.75, 3.05) is 40.4 Å². The van der Waals surface area contributed by atoms with Crippen LogP contribution in [0.4, 0.5) is 0 Å². The van der Waals surface area contributed by atoms with Crippen molar-refractivity contribution in [3.63, 3.8) is 0 Å². The minimum atomic E-state index is -0.0735. The molecule has 0 atom stereocenters. The van der Waals surface area contributed by atoms with Gasteiger partial charge in [0.25, 0.3) is 0 Å². The highest BCUT2D eigenvalue weighted by Crippen LogP contribution is 2.16. The van der Waals surface area contributed by atoms with E-state index in [4.69, 9.17) is 9.47 Å². The fourth-order valence-corrected chi connectivity index (χ4v) is 6.70. The van der Waals surface area contributed by atoms with Gasteiger partial charge >= 0.3 is 11.9 Å². The lowest BCUT2D eigenvalue weighted by Gasteiger charge is -2.29. The van der Waals surface area contributed by atoms with Gasteiger partial charge in [0.05, 0.1) is 14.1 Å². The van der Waals surface area contributed by atoms with Crippen LogP contribution in [0.5, 0.6) is 0 Å². The van der Waals surface area contributed by atoms with E-state index in [0.29, 0.717) is 30.5 Å². The van der Waals surface area contributed by atoms with E-state index in [-0.39, 0.29) is 11.9 Å². The molecule has 0 unspecified atom stereocenters. The molecule has 0 radical (unpaired) electrons. The van der Waals surface area contributed by atoms with Crippen LogP contribution in [0.15, 0.2) is 0 Å². The summed E-state index contributed by atoms with van der Waals surface area (Å²) in [6, 6.07) is 0. The summed E-state index contributed by atoms with van der Waals surface area (Å²) in [5, 5.41) is 0. The van der Waals surface area contributed by atoms with Crippen LogP contribution in [0.2, 0.25) is 0 Å². The van der Waals surface area contributed by atoms with Crippen molar-refractivity contribution in [2.24, 2.45) is 0 Å². The first-order valence-corrected chi connectivity index (χ1v) is 22.0. The molecule has 0 fully saturated rings. The van der Waals surface area contributed by atoms with Crippen LogP contribution in [0.1, 0.15) is 232 Å². The minimum absolute atomic E-state index is 0.0735. The molecular weight excluding hydrogens is 606 g/mol. The van der Waals surface area contributed by atoms with E-state index in [1.807, 2.05) is 0 Å². The number of ether oxygens (including phenoxy) is 2. The molecule has 0 spiro atoms. The van der Waals surface area contributed by atoms with Gasteiger partial charge in [-0.3, -0.25) is 9.59 Å². The third kappa shape index (κ3) is 39.5. The summed E-state index contributed by atoms with van der Waals surface area (Å²) in [6.45, 7) is 6.90. The standard InChI is InChI=1S/C44H88NO4/c1-5-7-9-11-13-15-17-19-21-23-25-27-29-31-33-35-37-43(46)48-41-39-45(3,4)40-42-49-44(47)38-36-34-32-30-28-26-24-22-20-18-16-14-12-10-8-6-2/h5-42H2,1-4H3/q+1. The van der Waals surface area contributed by atoms with Crippen LogP contribution in [0.25, 0.3) is 0 Å². The second kappa shape index (κ2) is 38.1. The van der Waals surface area contributed by atoms with Crippen molar-refractivity contribution in [3.05, 3.63) is 0 Å². The first kappa shape index (κ1) is 47.9. The van der Waals surface area contributed by atoms with Crippen molar-refractivity contribution in [1.82, 2.24) is 0 Å². The molecule has 0 saturated carbocycles. The van der Waals surface area contributed by atoms with Crippen LogP contribution in [-0.4, -0.2) is 56.8 Å². The van der Waals surface area contributed by atoms with Crippen molar-refractivity contribution in [1.29, 1.82) is 0 Å². The van der Waals surface area contributed by atoms with Gasteiger partial charge in [0, 0.05) is 12.8 Å². The highest BCUT2D eigenvalue weighted by molar-refractivity contribution is 5.69. The Hall–Kier alpha value is -1.10. The van der Waals surface area contributed by atoms with Crippen LogP contribution in [-0.2, 0) is 19.1 Å². The lowest BCUT2D eigenvalue weighted by Crippen LogP contribution is -2.45. The predicted molar refractivity (Wildman–Crippen MR) is 212 cm³/mol. The van der Waals surface area contributed by atoms with E-state index < -0.39 is 0 Å². The van der Waals surface area contributed by atoms with E-state index in [9.17, 15) is 9.59 Å². The summed E-state index contributed by atoms with van der Waals surface area (Å²) in [5.74, 6) is -0.147. The van der Waals surface area contributed by atoms with Crippen LogP contribution in [0, 0.1) is 0 Å². The second-order valence-electron chi connectivity index (χ2n) is 15.9. The quantitative estimate of drug-likeness (QED) is 0.0364. The summed E-state index contributed by atoms with van der Waals surface area (Å²) in [4.78, 5) is 24.3. The minimum Gasteiger partial charge on any atom is -0.460 e. The van der Waals surface area contributed by atoms with Gasteiger partial charge in [-0.05, 0) is 12.8 Å². The number of nitrogens with zero attached hydrogens (tertiary/aromatic N) is 1. The second-order valence-corrected chi connectivity index (χ2v) is 15.9. The lowest BCUT2D eigenvalue weighted by atomic mass is 10.0. The molecule has 5 heteroatoms. The normalized spacial score (nSPS) is 11.7. The van der Waals surface area contributed by atoms with Crippen molar-refractivity contribution < 1.29 is 23.5 Å². The van der Waals surface area contributed by atoms with Gasteiger partial charge in [-0.1, -0.05) is 206 Å². The number of hydrogen-bond donors (Lipinski definition) is 0. The number of likely N-dealkylation sites (N-methyl/N-ethyl adjacent to an activating group) is 1. The molecule has 292 valence electrons. The Labute approximate surface area is 307 Å². The first-order valence-electron chi connectivity index (χ1n) is 22.0. The molecule has 5 nitrogen and oxygen atoms in total. The molecule has 0 N–H and O–H groups in total. The largest absolute Gasteiger partial charge is 0.460 e. The molecule has 0 saturated heterocycles. The molecule has 0 aliphatic carbocycles. The predicted octanol–water partition coefficient (Wildman–Crippen LogP) is 13.5. The van der Waals surface area contributed by atoms with Gasteiger partial charge in [0.15, 0.2) is 0 Å². The monoisotopic (exact) mass is 695 g/mol. The number of hydrogen-bond acceptors (Lipinski definition) is 4. The Balaban J connectivity index is 3.46. The van der Waals surface area contributed by atoms with E-state index in [1.165, 1.54) is 180 Å². The molecule has 0 rings (SSSR count). The topological polar surface area (TPSA) is 52.6 Å². The maximum atomic E-state index is 12.2. The average Bonchev–Trinajstić information content (AvgIpc) is 3.07. The Morgan fingerprint density at radius 1 is 0.347 bits per heavy atom. The number of unbranched alkanes of at least 4 members (excludes halogenated alkanes) is 30. The lowest BCUT2D eigenvalue weighted by molar-refractivity contribution is -0.890. The fraction of sp³-hybridized carbons (Fsp3) is 0.955. The highest BCUT2D eigenvalue weighted by atomic mass is 16.5. The van der Waals surface area contributed by atoms with Gasteiger partial charge < -0.3 is 14.0 Å². The third-order valence-corrected chi connectivity index (χ3v) is 10.4. The molecule has 0 aliphatic rings. The van der Waals surface area contributed by atoms with Gasteiger partial charge in [-0.2, -0.15) is 0 Å². The number of rotatable bonds is 40. The number of carbonyl (C=O) groups excluding carboxylic acids is 2. The fourth-order valence-electron chi connectivity index (χ4n) is 6.70. The Morgan fingerprint density at radius 3 is 0.776 bits per heavy atom. The molecule has 0 aromatic carbocycles. The number of quaternary nitrogens is 1. The summed E-state index contributed by atoms with van der Waals surface area (Å²) in [6.07, 6.45) is 43.8. The van der Waals surface area contributed by atoms with Crippen molar-refractivity contribution >= 4 is 11.9 Å². The zero-order valence-corrected chi connectivity index (χ0v) is 34.0. The molecule has 0 aliphatic heterocycles. The summed E-state index contributed by atoms with van der Waals surface area (Å²) >= 11 is 0. The first-order chi connectivity index (χ1) is 23.9. The Morgan fingerprint density at radius 2 is 0.551 bits per heavy atom. The van der Waals surface area contributed by atoms with Gasteiger partial charge in [0.1, 0.15) is 26.3 Å². The molecule has 0 aromatic heterocycles. The smallest absolute Gasteiger partial charge is 0.305 e. The zero-order chi connectivity index (χ0) is 35.9. The molecule has 0 amide bonds. The van der Waals surface area contributed by atoms with Crippen molar-refractivity contribution in [2.45, 2.75) is 232 Å². The summed E-state index contributed by atoms with van der Waals surface area (Å²) < 4.78 is 11.7. The SMILES string of the molecule is CCCCCCCCCCCCCCCCCCC(=O)OCC[N+](C)(C)CCOC(=O)CCCCCCCCCCCCCCCCCC. The van der Waals surface area contributed by atoms with Crippen LogP contribution < -0.4 is 0 Å². The Kier molecular flexibility index (Phi) is 37.3. The molecule has 0 bridgehead atoms. The van der Waals surface area contributed by atoms with Gasteiger partial charge in [-0.15, -0.1) is 0 Å². The van der Waals surface area contributed by atoms with E-state index in [1.54, 1.807) is 0 Å². The number of esters is 2. The van der Waals surface area contributed by atoms with E-state index in [2.05, 4.69) is 27.9 Å². The number of carbonyl (C=O) groups is 2. The summed E-state index contributed by atoms with van der Waals surface area (Å²) in [5.41, 5.74) is 0. The highest BCUT2D eigenvalue weighted by Gasteiger charge is 2.17. The van der Waals surface area contributed by atoms with Crippen molar-refractivity contribution in [3.8, 4) is 0 Å². The molecule has 0 aromatic rings. The van der Waals surface area contributed by atoms with E-state index >= 15 is 0 Å². The molecule has 0 heterocycles. The zero-order valence-electron chi connectivity index (χ0n) is 34.0. The molecule has 49 heavy (non-hydrogen) atoms. The average molecular weight is 695 g/mol. The third-order valence-electron chi connectivity index (χ3n) is 10.4. The Bertz CT molecular complexity index is 638.